The van der Waals surface area contributed by atoms with Crippen molar-refractivity contribution in [3.8, 4) is 40.2 Å². The number of nitriles is 1. The number of anilines is 6. The van der Waals surface area contributed by atoms with E-state index in [0.29, 0.717) is 28.6 Å². The minimum absolute atomic E-state index is 0.433. The van der Waals surface area contributed by atoms with E-state index in [9.17, 15) is 5.26 Å². The number of rotatable bonds is 5. The van der Waals surface area contributed by atoms with Crippen LogP contribution in [0, 0.1) is 11.3 Å². The summed E-state index contributed by atoms with van der Waals surface area (Å²) in [6, 6.07) is 74.0. The molecule has 0 unspecified atom stereocenters. The van der Waals surface area contributed by atoms with E-state index in [0.717, 1.165) is 56.4 Å². The van der Waals surface area contributed by atoms with Crippen LogP contribution in [0.5, 0.6) is 0 Å². The van der Waals surface area contributed by atoms with Gasteiger partial charge in [0.2, 0.25) is 0 Å². The lowest BCUT2D eigenvalue weighted by Crippen LogP contribution is -2.41. The smallest absolute Gasteiger partial charge is 0.165 e. The van der Waals surface area contributed by atoms with Crippen molar-refractivity contribution in [3.05, 3.63) is 234 Å². The Labute approximate surface area is 342 Å². The second-order valence-corrected chi connectivity index (χ2v) is 14.7. The molecule has 9 aromatic rings. The highest BCUT2D eigenvalue weighted by Gasteiger charge is 2.51. The molecule has 0 saturated carbocycles. The van der Waals surface area contributed by atoms with Gasteiger partial charge in [-0.3, -0.25) is 0 Å². The van der Waals surface area contributed by atoms with Gasteiger partial charge < -0.3 is 9.80 Å². The summed E-state index contributed by atoms with van der Waals surface area (Å²) >= 11 is 0. The fourth-order valence-electron chi connectivity index (χ4n) is 9.09. The summed E-state index contributed by atoms with van der Waals surface area (Å²) in [5, 5.41) is 10.6. The maximum Gasteiger partial charge on any atom is 0.165 e. The van der Waals surface area contributed by atoms with Crippen molar-refractivity contribution in [1.29, 1.82) is 5.26 Å². The largest absolute Gasteiger partial charge is 0.310 e. The SMILES string of the molecule is N#Cc1ccc(N2c3ccccc3C3(c4ccccc4N(c4ccccc4)c4ccccc43)c3ccccc32)cc1-c1nc(-c2ccccc2)nc(-c2ccccc2)n1. The standard InChI is InChI=1S/C53H34N6/c54-35-38-32-33-40(34-41(38)52-56-50(36-18-4-1-5-19-36)55-51(57-52)37-20-6-2-7-21-37)59-48-30-16-12-26-44(48)53(45-27-13-17-31-49(45)59)42-24-10-14-28-46(42)58(39-22-8-3-9-23-39)47-29-15-11-25-43(47)53/h1-34H. The van der Waals surface area contributed by atoms with Crippen molar-refractivity contribution in [2.45, 2.75) is 5.41 Å². The van der Waals surface area contributed by atoms with Gasteiger partial charge in [0.25, 0.3) is 0 Å². The van der Waals surface area contributed by atoms with Gasteiger partial charge in [0.1, 0.15) is 0 Å². The van der Waals surface area contributed by atoms with Crippen molar-refractivity contribution < 1.29 is 0 Å². The third kappa shape index (κ3) is 5.30. The molecule has 0 N–H and O–H groups in total. The van der Waals surface area contributed by atoms with Crippen molar-refractivity contribution in [1.82, 2.24) is 15.0 Å². The van der Waals surface area contributed by atoms with Crippen LogP contribution in [0.25, 0.3) is 34.2 Å². The summed E-state index contributed by atoms with van der Waals surface area (Å²) in [7, 11) is 0. The molecule has 0 aliphatic carbocycles. The lowest BCUT2D eigenvalue weighted by Gasteiger charge is -2.51. The van der Waals surface area contributed by atoms with Gasteiger partial charge in [0, 0.05) is 28.1 Å². The normalized spacial score (nSPS) is 13.1. The van der Waals surface area contributed by atoms with Gasteiger partial charge in [0.05, 0.1) is 39.8 Å². The molecule has 2 aliphatic rings. The van der Waals surface area contributed by atoms with Gasteiger partial charge in [-0.05, 0) is 76.9 Å². The highest BCUT2D eigenvalue weighted by molar-refractivity contribution is 5.97. The lowest BCUT2D eigenvalue weighted by atomic mass is 9.60. The Bertz CT molecular complexity index is 2930. The van der Waals surface area contributed by atoms with E-state index in [2.05, 4.69) is 149 Å². The van der Waals surface area contributed by atoms with Crippen LogP contribution in [0.15, 0.2) is 206 Å². The average Bonchev–Trinajstić information content (AvgIpc) is 3.32. The molecule has 6 heteroatoms. The molecule has 1 spiro atoms. The second kappa shape index (κ2) is 13.8. The Morgan fingerprint density at radius 3 is 1.19 bits per heavy atom. The molecule has 1 aromatic heterocycles. The quantitative estimate of drug-likeness (QED) is 0.174. The van der Waals surface area contributed by atoms with Gasteiger partial charge in [-0.1, -0.05) is 152 Å². The molecule has 11 rings (SSSR count). The predicted molar refractivity (Wildman–Crippen MR) is 236 cm³/mol. The molecule has 2 aliphatic heterocycles. The molecular formula is C53H34N6. The minimum atomic E-state index is -0.652. The number of aromatic nitrogens is 3. The third-order valence-electron chi connectivity index (χ3n) is 11.5. The van der Waals surface area contributed by atoms with Crippen LogP contribution >= 0.6 is 0 Å². The van der Waals surface area contributed by atoms with Gasteiger partial charge in [-0.15, -0.1) is 0 Å². The second-order valence-electron chi connectivity index (χ2n) is 14.7. The summed E-state index contributed by atoms with van der Waals surface area (Å²) in [6.45, 7) is 0. The molecule has 0 saturated heterocycles. The zero-order valence-electron chi connectivity index (χ0n) is 31.8. The molecular weight excluding hydrogens is 721 g/mol. The van der Waals surface area contributed by atoms with Crippen molar-refractivity contribution in [3.63, 3.8) is 0 Å². The Balaban J connectivity index is 1.15. The topological polar surface area (TPSA) is 68.9 Å². The first kappa shape index (κ1) is 34.1. The monoisotopic (exact) mass is 754 g/mol. The van der Waals surface area contributed by atoms with E-state index in [1.165, 1.54) is 11.1 Å². The fourth-order valence-corrected chi connectivity index (χ4v) is 9.09. The maximum atomic E-state index is 10.6. The summed E-state index contributed by atoms with van der Waals surface area (Å²) in [5.74, 6) is 1.51. The zero-order chi connectivity index (χ0) is 39.3. The first-order valence-electron chi connectivity index (χ1n) is 19.7. The number of fused-ring (bicyclic) bond motifs is 8. The van der Waals surface area contributed by atoms with Crippen LogP contribution < -0.4 is 9.80 Å². The number of hydrogen-bond donors (Lipinski definition) is 0. The molecule has 0 bridgehead atoms. The highest BCUT2D eigenvalue weighted by atomic mass is 15.2. The lowest BCUT2D eigenvalue weighted by molar-refractivity contribution is 0.719. The fraction of sp³-hybridized carbons (Fsp3) is 0.0189. The van der Waals surface area contributed by atoms with E-state index >= 15 is 0 Å². The van der Waals surface area contributed by atoms with Gasteiger partial charge in [0.15, 0.2) is 17.5 Å². The van der Waals surface area contributed by atoms with Crippen LogP contribution in [0.1, 0.15) is 27.8 Å². The van der Waals surface area contributed by atoms with Crippen molar-refractivity contribution in [2.75, 3.05) is 9.80 Å². The molecule has 276 valence electrons. The molecule has 0 atom stereocenters. The molecule has 3 heterocycles. The first-order valence-corrected chi connectivity index (χ1v) is 19.7. The average molecular weight is 755 g/mol. The van der Waals surface area contributed by atoms with Gasteiger partial charge in [-0.2, -0.15) is 5.26 Å². The van der Waals surface area contributed by atoms with E-state index in [1.54, 1.807) is 0 Å². The van der Waals surface area contributed by atoms with E-state index in [1.807, 2.05) is 72.8 Å². The number of para-hydroxylation sites is 5. The Morgan fingerprint density at radius 1 is 0.373 bits per heavy atom. The van der Waals surface area contributed by atoms with Gasteiger partial charge >= 0.3 is 0 Å². The zero-order valence-corrected chi connectivity index (χ0v) is 31.8. The summed E-state index contributed by atoms with van der Waals surface area (Å²) in [4.78, 5) is 19.7. The maximum absolute atomic E-state index is 10.6. The third-order valence-corrected chi connectivity index (χ3v) is 11.5. The van der Waals surface area contributed by atoms with E-state index in [-0.39, 0.29) is 0 Å². The highest BCUT2D eigenvalue weighted by Crippen LogP contribution is 2.63. The molecule has 59 heavy (non-hydrogen) atoms. The summed E-state index contributed by atoms with van der Waals surface area (Å²) < 4.78 is 0. The van der Waals surface area contributed by atoms with Crippen molar-refractivity contribution >= 4 is 34.1 Å². The van der Waals surface area contributed by atoms with E-state index in [4.69, 9.17) is 15.0 Å². The number of nitrogens with zero attached hydrogens (tertiary/aromatic N) is 6. The number of hydrogen-bond acceptors (Lipinski definition) is 6. The van der Waals surface area contributed by atoms with Crippen LogP contribution in [0.2, 0.25) is 0 Å². The molecule has 8 aromatic carbocycles. The van der Waals surface area contributed by atoms with Crippen LogP contribution in [-0.4, -0.2) is 15.0 Å². The molecule has 6 nitrogen and oxygen atoms in total. The summed E-state index contributed by atoms with van der Waals surface area (Å²) in [5.41, 5.74) is 13.3. The van der Waals surface area contributed by atoms with E-state index < -0.39 is 5.41 Å². The number of benzene rings is 8. The summed E-state index contributed by atoms with van der Waals surface area (Å²) in [6.07, 6.45) is 0. The Kier molecular flexibility index (Phi) is 7.99. The van der Waals surface area contributed by atoms with Gasteiger partial charge in [-0.25, -0.2) is 15.0 Å². The molecule has 0 amide bonds. The van der Waals surface area contributed by atoms with Crippen LogP contribution in [-0.2, 0) is 5.41 Å². The van der Waals surface area contributed by atoms with Crippen LogP contribution in [0.3, 0.4) is 0 Å². The minimum Gasteiger partial charge on any atom is -0.310 e. The van der Waals surface area contributed by atoms with Crippen molar-refractivity contribution in [2.24, 2.45) is 0 Å². The molecule has 0 radical (unpaired) electrons. The predicted octanol–water partition coefficient (Wildman–Crippen LogP) is 12.7. The first-order chi connectivity index (χ1) is 29.2. The Morgan fingerprint density at radius 2 is 0.746 bits per heavy atom. The van der Waals surface area contributed by atoms with Crippen LogP contribution in [0.4, 0.5) is 34.1 Å². The molecule has 0 fully saturated rings. The Hall–Kier alpha value is -8.14.